The molecule has 0 aliphatic carbocycles. The van der Waals surface area contributed by atoms with Crippen molar-refractivity contribution in [3.05, 3.63) is 66.7 Å². The van der Waals surface area contributed by atoms with Crippen molar-refractivity contribution in [3.63, 3.8) is 0 Å². The van der Waals surface area contributed by atoms with Crippen molar-refractivity contribution in [3.8, 4) is 39.2 Å². The minimum atomic E-state index is 0.238. The average Bonchev–Trinajstić information content (AvgIpc) is 3.11. The summed E-state index contributed by atoms with van der Waals surface area (Å²) in [6.45, 7) is 2.78. The Morgan fingerprint density at radius 1 is 0.862 bits per heavy atom. The zero-order chi connectivity index (χ0) is 20.2. The van der Waals surface area contributed by atoms with Gasteiger partial charge in [0.2, 0.25) is 0 Å². The molecule has 0 bridgehead atoms. The van der Waals surface area contributed by atoms with Crippen molar-refractivity contribution in [2.24, 2.45) is 0 Å². The van der Waals surface area contributed by atoms with E-state index in [1.165, 1.54) is 0 Å². The van der Waals surface area contributed by atoms with Crippen LogP contribution in [-0.2, 0) is 0 Å². The Morgan fingerprint density at radius 3 is 2.24 bits per heavy atom. The molecule has 3 aromatic carbocycles. The van der Waals surface area contributed by atoms with Crippen LogP contribution < -0.4 is 14.2 Å². The maximum absolute atomic E-state index is 9.65. The molecular weight excluding hydrogens is 384 g/mol. The van der Waals surface area contributed by atoms with Crippen LogP contribution in [0.5, 0.6) is 28.7 Å². The minimum Gasteiger partial charge on any atom is -0.508 e. The minimum absolute atomic E-state index is 0.238. The highest BCUT2D eigenvalue weighted by Crippen LogP contribution is 2.47. The Morgan fingerprint density at radius 2 is 1.55 bits per heavy atom. The first kappa shape index (κ1) is 19.2. The number of fused-ring (bicyclic) bond motifs is 1. The molecule has 0 radical (unpaired) electrons. The van der Waals surface area contributed by atoms with Gasteiger partial charge in [-0.05, 0) is 78.7 Å². The molecule has 5 heteroatoms. The molecule has 1 aromatic heterocycles. The van der Waals surface area contributed by atoms with Crippen molar-refractivity contribution in [1.29, 1.82) is 0 Å². The second-order valence-corrected chi connectivity index (χ2v) is 7.64. The van der Waals surface area contributed by atoms with Gasteiger partial charge in [-0.3, -0.25) is 0 Å². The van der Waals surface area contributed by atoms with Gasteiger partial charge in [0.1, 0.15) is 23.0 Å². The topological polar surface area (TPSA) is 47.9 Å². The molecule has 148 valence electrons. The van der Waals surface area contributed by atoms with Crippen molar-refractivity contribution in [2.75, 3.05) is 13.7 Å². The third-order valence-corrected chi connectivity index (χ3v) is 5.68. The second-order valence-electron chi connectivity index (χ2n) is 6.59. The lowest BCUT2D eigenvalue weighted by Gasteiger charge is -2.10. The number of aromatic hydroxyl groups is 1. The average molecular weight is 407 g/mol. The van der Waals surface area contributed by atoms with Crippen LogP contribution in [0.4, 0.5) is 0 Å². The van der Waals surface area contributed by atoms with Crippen LogP contribution in [0.2, 0.25) is 0 Å². The van der Waals surface area contributed by atoms with Crippen LogP contribution in [0, 0.1) is 0 Å². The van der Waals surface area contributed by atoms with E-state index in [1.807, 2.05) is 54.6 Å². The molecule has 0 spiro atoms. The first-order valence-electron chi connectivity index (χ1n) is 9.48. The van der Waals surface area contributed by atoms with E-state index >= 15 is 0 Å². The summed E-state index contributed by atoms with van der Waals surface area (Å²) in [5.41, 5.74) is 0.987. The number of methoxy groups -OCH3 is 1. The van der Waals surface area contributed by atoms with E-state index in [1.54, 1.807) is 30.6 Å². The largest absolute Gasteiger partial charge is 0.508 e. The van der Waals surface area contributed by atoms with Crippen molar-refractivity contribution < 1.29 is 19.3 Å². The molecule has 29 heavy (non-hydrogen) atoms. The van der Waals surface area contributed by atoms with E-state index < -0.39 is 0 Å². The Balaban J connectivity index is 1.74. The first-order valence-corrected chi connectivity index (χ1v) is 10.3. The number of benzene rings is 3. The monoisotopic (exact) mass is 406 g/mol. The van der Waals surface area contributed by atoms with Gasteiger partial charge in [-0.15, -0.1) is 11.3 Å². The maximum Gasteiger partial charge on any atom is 0.153 e. The molecule has 0 aliphatic heterocycles. The lowest BCUT2D eigenvalue weighted by atomic mass is 10.1. The van der Waals surface area contributed by atoms with Gasteiger partial charge in [-0.2, -0.15) is 0 Å². The zero-order valence-electron chi connectivity index (χ0n) is 16.3. The van der Waals surface area contributed by atoms with Gasteiger partial charge in [0.05, 0.1) is 18.6 Å². The summed E-state index contributed by atoms with van der Waals surface area (Å²) in [6.07, 6.45) is 0.971. The fourth-order valence-corrected chi connectivity index (χ4v) is 4.19. The number of phenols is 1. The van der Waals surface area contributed by atoms with E-state index in [0.29, 0.717) is 6.61 Å². The molecule has 4 aromatic rings. The van der Waals surface area contributed by atoms with Crippen LogP contribution in [0.1, 0.15) is 13.3 Å². The summed E-state index contributed by atoms with van der Waals surface area (Å²) in [6, 6.07) is 20.8. The Bertz CT molecular complexity index is 1100. The molecule has 1 heterocycles. The summed E-state index contributed by atoms with van der Waals surface area (Å²) in [5, 5.41) is 10.7. The fraction of sp³-hybridized carbons (Fsp3) is 0.167. The van der Waals surface area contributed by atoms with Crippen molar-refractivity contribution in [2.45, 2.75) is 13.3 Å². The number of ether oxygens (including phenoxy) is 3. The van der Waals surface area contributed by atoms with Gasteiger partial charge >= 0.3 is 0 Å². The van der Waals surface area contributed by atoms with E-state index in [-0.39, 0.29) is 5.75 Å². The molecule has 0 saturated heterocycles. The van der Waals surface area contributed by atoms with Crippen LogP contribution in [0.25, 0.3) is 20.5 Å². The van der Waals surface area contributed by atoms with E-state index in [4.69, 9.17) is 14.2 Å². The summed E-state index contributed by atoms with van der Waals surface area (Å²) in [5.74, 6) is 3.41. The highest BCUT2D eigenvalue weighted by atomic mass is 32.1. The highest BCUT2D eigenvalue weighted by molar-refractivity contribution is 7.22. The summed E-state index contributed by atoms with van der Waals surface area (Å²) < 4.78 is 18.4. The SMILES string of the molecule is CCCOc1ccc(Oc2c(-c3ccc(O)cc3)sc3cc(OC)ccc23)cc1. The van der Waals surface area contributed by atoms with Crippen LogP contribution in [-0.4, -0.2) is 18.8 Å². The normalized spacial score (nSPS) is 10.8. The summed E-state index contributed by atoms with van der Waals surface area (Å²) in [7, 11) is 1.66. The van der Waals surface area contributed by atoms with Gasteiger partial charge in [0.15, 0.2) is 5.75 Å². The standard InChI is InChI=1S/C24H22O4S/c1-3-14-27-18-8-10-19(11-9-18)28-23-21-13-12-20(26-2)15-22(21)29-24(23)16-4-6-17(25)7-5-16/h4-13,15,25H,3,14H2,1-2H3. The van der Waals surface area contributed by atoms with Gasteiger partial charge in [0.25, 0.3) is 0 Å². The molecule has 0 aliphatic rings. The predicted octanol–water partition coefficient (Wildman–Crippen LogP) is 6.86. The van der Waals surface area contributed by atoms with E-state index in [9.17, 15) is 5.11 Å². The molecule has 0 atom stereocenters. The molecule has 0 amide bonds. The molecule has 4 rings (SSSR count). The fourth-order valence-electron chi connectivity index (χ4n) is 3.03. The number of thiophene rings is 1. The number of rotatable bonds is 7. The molecule has 0 saturated carbocycles. The quantitative estimate of drug-likeness (QED) is 0.364. The molecular formula is C24H22O4S. The van der Waals surface area contributed by atoms with E-state index in [2.05, 4.69) is 6.92 Å². The first-order chi connectivity index (χ1) is 14.2. The lowest BCUT2D eigenvalue weighted by molar-refractivity contribution is 0.317. The molecule has 1 N–H and O–H groups in total. The van der Waals surface area contributed by atoms with E-state index in [0.717, 1.165) is 49.9 Å². The predicted molar refractivity (Wildman–Crippen MR) is 118 cm³/mol. The molecule has 4 nitrogen and oxygen atoms in total. The Hall–Kier alpha value is -3.18. The highest BCUT2D eigenvalue weighted by Gasteiger charge is 2.17. The maximum atomic E-state index is 9.65. The third-order valence-electron chi connectivity index (χ3n) is 4.50. The van der Waals surface area contributed by atoms with Gasteiger partial charge in [0, 0.05) is 10.1 Å². The van der Waals surface area contributed by atoms with Crippen LogP contribution >= 0.6 is 11.3 Å². The van der Waals surface area contributed by atoms with Crippen LogP contribution in [0.3, 0.4) is 0 Å². The van der Waals surface area contributed by atoms with Crippen LogP contribution in [0.15, 0.2) is 66.7 Å². The summed E-state index contributed by atoms with van der Waals surface area (Å²) in [4.78, 5) is 1.000. The zero-order valence-corrected chi connectivity index (χ0v) is 17.2. The number of hydrogen-bond acceptors (Lipinski definition) is 5. The van der Waals surface area contributed by atoms with Crippen molar-refractivity contribution in [1.82, 2.24) is 0 Å². The van der Waals surface area contributed by atoms with Gasteiger partial charge < -0.3 is 19.3 Å². The Labute approximate surface area is 173 Å². The van der Waals surface area contributed by atoms with Crippen molar-refractivity contribution >= 4 is 21.4 Å². The second kappa shape index (κ2) is 8.45. The van der Waals surface area contributed by atoms with Gasteiger partial charge in [-0.1, -0.05) is 6.92 Å². The third kappa shape index (κ3) is 4.15. The smallest absolute Gasteiger partial charge is 0.153 e. The number of hydrogen-bond donors (Lipinski definition) is 1. The Kier molecular flexibility index (Phi) is 5.58. The molecule has 0 fully saturated rings. The molecule has 0 unspecified atom stereocenters. The number of phenolic OH excluding ortho intramolecular Hbond substituents is 1. The lowest BCUT2D eigenvalue weighted by Crippen LogP contribution is -1.94. The van der Waals surface area contributed by atoms with Gasteiger partial charge in [-0.25, -0.2) is 0 Å². The summed E-state index contributed by atoms with van der Waals surface area (Å²) >= 11 is 1.63.